The van der Waals surface area contributed by atoms with Crippen LogP contribution in [-0.4, -0.2) is 15.0 Å². The van der Waals surface area contributed by atoms with Crippen molar-refractivity contribution < 1.29 is 8.42 Å². The van der Waals surface area contributed by atoms with E-state index in [2.05, 4.69) is 11.6 Å². The first-order valence-electron chi connectivity index (χ1n) is 7.49. The van der Waals surface area contributed by atoms with E-state index in [1.54, 1.807) is 12.1 Å². The molecule has 21 heavy (non-hydrogen) atoms. The van der Waals surface area contributed by atoms with E-state index in [0.717, 1.165) is 24.8 Å². The van der Waals surface area contributed by atoms with Crippen LogP contribution in [0.4, 0.5) is 0 Å². The molecule has 0 fully saturated rings. The van der Waals surface area contributed by atoms with E-state index in [9.17, 15) is 8.42 Å². The molecule has 1 aromatic carbocycles. The predicted octanol–water partition coefficient (Wildman–Crippen LogP) is 3.44. The fourth-order valence-electron chi connectivity index (χ4n) is 2.07. The highest BCUT2D eigenvalue weighted by Crippen LogP contribution is 2.22. The molecule has 0 saturated heterocycles. The summed E-state index contributed by atoms with van der Waals surface area (Å²) >= 11 is 5.98. The van der Waals surface area contributed by atoms with Crippen molar-refractivity contribution in [3.05, 3.63) is 28.8 Å². The number of halogens is 1. The van der Waals surface area contributed by atoms with E-state index in [-0.39, 0.29) is 16.5 Å². The zero-order chi connectivity index (χ0) is 15.7. The van der Waals surface area contributed by atoms with Gasteiger partial charge in [-0.15, -0.1) is 0 Å². The van der Waals surface area contributed by atoms with Gasteiger partial charge in [-0.05, 0) is 24.1 Å². The molecule has 0 heterocycles. The molecular weight excluding hydrogens is 308 g/mol. The van der Waals surface area contributed by atoms with Gasteiger partial charge in [0.1, 0.15) is 4.90 Å². The van der Waals surface area contributed by atoms with Crippen LogP contribution in [0.3, 0.4) is 0 Å². The standard InChI is InChI=1S/C15H25ClN2O2S/c1-2-3-4-5-6-7-10-18-21(19,20)15-11-13(12-17)8-9-14(15)16/h8-9,11,18H,2-7,10,12,17H2,1H3. The molecule has 0 radical (unpaired) electrons. The average molecular weight is 333 g/mol. The van der Waals surface area contributed by atoms with Crippen molar-refractivity contribution in [2.24, 2.45) is 5.73 Å². The Morgan fingerprint density at radius 3 is 2.48 bits per heavy atom. The SMILES string of the molecule is CCCCCCCCNS(=O)(=O)c1cc(CN)ccc1Cl. The monoisotopic (exact) mass is 332 g/mol. The van der Waals surface area contributed by atoms with Gasteiger partial charge in [0, 0.05) is 13.1 Å². The molecule has 0 amide bonds. The number of hydrogen-bond acceptors (Lipinski definition) is 3. The highest BCUT2D eigenvalue weighted by molar-refractivity contribution is 7.89. The van der Waals surface area contributed by atoms with Crippen LogP contribution in [0.1, 0.15) is 51.0 Å². The minimum atomic E-state index is -3.56. The van der Waals surface area contributed by atoms with Gasteiger partial charge < -0.3 is 5.73 Å². The van der Waals surface area contributed by atoms with Gasteiger partial charge in [-0.2, -0.15) is 0 Å². The van der Waals surface area contributed by atoms with Crippen LogP contribution in [0.2, 0.25) is 5.02 Å². The molecule has 0 spiro atoms. The van der Waals surface area contributed by atoms with Crippen molar-refractivity contribution in [1.29, 1.82) is 0 Å². The summed E-state index contributed by atoms with van der Waals surface area (Å²) in [6.45, 7) is 2.90. The normalized spacial score (nSPS) is 11.8. The lowest BCUT2D eigenvalue weighted by molar-refractivity contribution is 0.567. The number of unbranched alkanes of at least 4 members (excludes halogenated alkanes) is 5. The molecule has 4 nitrogen and oxygen atoms in total. The Hall–Kier alpha value is -0.620. The third kappa shape index (κ3) is 6.34. The molecule has 0 bridgehead atoms. The van der Waals surface area contributed by atoms with Crippen molar-refractivity contribution in [2.75, 3.05) is 6.54 Å². The van der Waals surface area contributed by atoms with Crippen molar-refractivity contribution in [3.63, 3.8) is 0 Å². The van der Waals surface area contributed by atoms with E-state index >= 15 is 0 Å². The molecule has 0 saturated carbocycles. The lowest BCUT2D eigenvalue weighted by atomic mass is 10.1. The van der Waals surface area contributed by atoms with Crippen molar-refractivity contribution in [1.82, 2.24) is 4.72 Å². The van der Waals surface area contributed by atoms with Crippen LogP contribution in [0, 0.1) is 0 Å². The Morgan fingerprint density at radius 2 is 1.81 bits per heavy atom. The van der Waals surface area contributed by atoms with Crippen LogP contribution in [0.5, 0.6) is 0 Å². The number of hydrogen-bond donors (Lipinski definition) is 2. The largest absolute Gasteiger partial charge is 0.326 e. The van der Waals surface area contributed by atoms with Crippen LogP contribution in [0.15, 0.2) is 23.1 Å². The Morgan fingerprint density at radius 1 is 1.14 bits per heavy atom. The molecule has 6 heteroatoms. The number of benzene rings is 1. The molecule has 0 aliphatic heterocycles. The van der Waals surface area contributed by atoms with Crippen LogP contribution in [0.25, 0.3) is 0 Å². The molecule has 0 atom stereocenters. The summed E-state index contributed by atoms with van der Waals surface area (Å²) in [5.41, 5.74) is 6.28. The first kappa shape index (κ1) is 18.4. The molecule has 0 aliphatic carbocycles. The zero-order valence-electron chi connectivity index (χ0n) is 12.6. The lowest BCUT2D eigenvalue weighted by Gasteiger charge is -2.09. The molecule has 3 N–H and O–H groups in total. The van der Waals surface area contributed by atoms with Gasteiger partial charge in [0.05, 0.1) is 5.02 Å². The van der Waals surface area contributed by atoms with Crippen molar-refractivity contribution in [2.45, 2.75) is 56.9 Å². The molecule has 0 aromatic heterocycles. The highest BCUT2D eigenvalue weighted by Gasteiger charge is 2.17. The Kier molecular flexibility index (Phi) is 8.26. The second-order valence-corrected chi connectivity index (χ2v) is 7.28. The van der Waals surface area contributed by atoms with E-state index < -0.39 is 10.0 Å². The molecule has 0 aliphatic rings. The molecule has 120 valence electrons. The maximum atomic E-state index is 12.2. The van der Waals surface area contributed by atoms with E-state index in [4.69, 9.17) is 17.3 Å². The average Bonchev–Trinajstić information content (AvgIpc) is 2.46. The fourth-order valence-corrected chi connectivity index (χ4v) is 3.69. The quantitative estimate of drug-likeness (QED) is 0.645. The van der Waals surface area contributed by atoms with Gasteiger partial charge in [-0.25, -0.2) is 13.1 Å². The molecule has 1 rings (SSSR count). The number of nitrogens with two attached hydrogens (primary N) is 1. The number of rotatable bonds is 10. The molecule has 1 aromatic rings. The Labute approximate surface area is 133 Å². The summed E-state index contributed by atoms with van der Waals surface area (Å²) in [6.07, 6.45) is 6.71. The predicted molar refractivity (Wildman–Crippen MR) is 87.9 cm³/mol. The summed E-state index contributed by atoms with van der Waals surface area (Å²) in [7, 11) is -3.56. The second-order valence-electron chi connectivity index (χ2n) is 5.13. The first-order valence-corrected chi connectivity index (χ1v) is 9.35. The third-order valence-corrected chi connectivity index (χ3v) is 5.29. The smallest absolute Gasteiger partial charge is 0.242 e. The van der Waals surface area contributed by atoms with Gasteiger partial charge in [0.25, 0.3) is 0 Å². The molecular formula is C15H25ClN2O2S. The Balaban J connectivity index is 2.50. The summed E-state index contributed by atoms with van der Waals surface area (Å²) in [5, 5.41) is 0.225. The Bertz CT molecular complexity index is 532. The van der Waals surface area contributed by atoms with Crippen molar-refractivity contribution in [3.8, 4) is 0 Å². The lowest BCUT2D eigenvalue weighted by Crippen LogP contribution is -2.25. The van der Waals surface area contributed by atoms with Crippen molar-refractivity contribution >= 4 is 21.6 Å². The summed E-state index contributed by atoms with van der Waals surface area (Å²) in [6, 6.07) is 4.84. The summed E-state index contributed by atoms with van der Waals surface area (Å²) in [5.74, 6) is 0. The topological polar surface area (TPSA) is 72.2 Å². The van der Waals surface area contributed by atoms with E-state index in [0.29, 0.717) is 6.54 Å². The maximum Gasteiger partial charge on any atom is 0.242 e. The van der Waals surface area contributed by atoms with Crippen LogP contribution >= 0.6 is 11.6 Å². The van der Waals surface area contributed by atoms with Gasteiger partial charge in [-0.3, -0.25) is 0 Å². The van der Waals surface area contributed by atoms with Gasteiger partial charge in [0.15, 0.2) is 0 Å². The van der Waals surface area contributed by atoms with Gasteiger partial charge >= 0.3 is 0 Å². The second kappa shape index (κ2) is 9.41. The summed E-state index contributed by atoms with van der Waals surface area (Å²) < 4.78 is 27.0. The highest BCUT2D eigenvalue weighted by atomic mass is 35.5. The maximum absolute atomic E-state index is 12.2. The zero-order valence-corrected chi connectivity index (χ0v) is 14.1. The van der Waals surface area contributed by atoms with E-state index in [1.165, 1.54) is 25.3 Å². The fraction of sp³-hybridized carbons (Fsp3) is 0.600. The van der Waals surface area contributed by atoms with Gasteiger partial charge in [-0.1, -0.05) is 56.7 Å². The van der Waals surface area contributed by atoms with Crippen LogP contribution in [-0.2, 0) is 16.6 Å². The third-order valence-electron chi connectivity index (χ3n) is 3.34. The first-order chi connectivity index (χ1) is 10.0. The summed E-state index contributed by atoms with van der Waals surface area (Å²) in [4.78, 5) is 0.109. The minimum Gasteiger partial charge on any atom is -0.326 e. The van der Waals surface area contributed by atoms with Crippen LogP contribution < -0.4 is 10.5 Å². The minimum absolute atomic E-state index is 0.109. The number of nitrogens with one attached hydrogen (secondary N) is 1. The molecule has 0 unspecified atom stereocenters. The number of sulfonamides is 1. The van der Waals surface area contributed by atoms with E-state index in [1.807, 2.05) is 0 Å². The van der Waals surface area contributed by atoms with Gasteiger partial charge in [0.2, 0.25) is 10.0 Å².